The Morgan fingerprint density at radius 3 is 2.67 bits per heavy atom. The largest absolute Gasteiger partial charge is 0.455 e. The van der Waals surface area contributed by atoms with E-state index >= 15 is 0 Å². The van der Waals surface area contributed by atoms with Gasteiger partial charge in [-0.3, -0.25) is 4.79 Å². The summed E-state index contributed by atoms with van der Waals surface area (Å²) in [5.41, 5.74) is 0.102. The Balaban J connectivity index is 2.78. The van der Waals surface area contributed by atoms with Crippen molar-refractivity contribution in [2.45, 2.75) is 26.2 Å². The summed E-state index contributed by atoms with van der Waals surface area (Å²) < 4.78 is 6.85. The Hall–Kier alpha value is -1.58. The molecule has 0 aliphatic carbocycles. The van der Waals surface area contributed by atoms with E-state index in [1.807, 2.05) is 26.8 Å². The molecular formula is C11H14N2O2. The van der Waals surface area contributed by atoms with Gasteiger partial charge in [0.1, 0.15) is 5.76 Å². The fourth-order valence-electron chi connectivity index (χ4n) is 1.39. The van der Waals surface area contributed by atoms with E-state index in [0.29, 0.717) is 5.58 Å². The quantitative estimate of drug-likeness (QED) is 0.660. The van der Waals surface area contributed by atoms with E-state index in [4.69, 9.17) is 4.42 Å². The van der Waals surface area contributed by atoms with Gasteiger partial charge >= 0.3 is 5.56 Å². The summed E-state index contributed by atoms with van der Waals surface area (Å²) in [4.78, 5) is 11.7. The van der Waals surface area contributed by atoms with Crippen molar-refractivity contribution in [3.8, 4) is 0 Å². The first-order valence-corrected chi connectivity index (χ1v) is 4.86. The summed E-state index contributed by atoms with van der Waals surface area (Å²) in [6.07, 6.45) is 1.65. The predicted molar refractivity (Wildman–Crippen MR) is 58.0 cm³/mol. The van der Waals surface area contributed by atoms with Crippen LogP contribution in [0.25, 0.3) is 11.0 Å². The van der Waals surface area contributed by atoms with Gasteiger partial charge in [0, 0.05) is 17.8 Å². The Bertz CT molecular complexity index is 558. The number of aromatic nitrogens is 2. The van der Waals surface area contributed by atoms with Gasteiger partial charge in [-0.15, -0.1) is 0 Å². The Morgan fingerprint density at radius 2 is 2.07 bits per heavy atom. The van der Waals surface area contributed by atoms with E-state index in [1.54, 1.807) is 13.2 Å². The maximum absolute atomic E-state index is 11.7. The number of hydrogen-bond acceptors (Lipinski definition) is 3. The topological polar surface area (TPSA) is 48.0 Å². The zero-order valence-electron chi connectivity index (χ0n) is 9.37. The second-order valence-corrected chi connectivity index (χ2v) is 4.72. The lowest BCUT2D eigenvalue weighted by Crippen LogP contribution is -2.18. The van der Waals surface area contributed by atoms with Crippen molar-refractivity contribution in [3.63, 3.8) is 0 Å². The Morgan fingerprint density at radius 1 is 1.40 bits per heavy atom. The van der Waals surface area contributed by atoms with Gasteiger partial charge in [0.2, 0.25) is 5.58 Å². The Kier molecular flexibility index (Phi) is 1.96. The van der Waals surface area contributed by atoms with Crippen LogP contribution in [0.15, 0.2) is 21.5 Å². The van der Waals surface area contributed by atoms with Crippen molar-refractivity contribution in [2.75, 3.05) is 0 Å². The van der Waals surface area contributed by atoms with E-state index in [1.165, 1.54) is 4.68 Å². The first-order valence-electron chi connectivity index (χ1n) is 4.86. The van der Waals surface area contributed by atoms with Gasteiger partial charge in [0.15, 0.2) is 0 Å². The molecule has 0 radical (unpaired) electrons. The molecule has 2 heterocycles. The Labute approximate surface area is 87.5 Å². The minimum atomic E-state index is -0.192. The third-order valence-corrected chi connectivity index (χ3v) is 2.36. The van der Waals surface area contributed by atoms with E-state index in [2.05, 4.69) is 5.10 Å². The molecule has 0 unspecified atom stereocenters. The molecule has 0 N–H and O–H groups in total. The van der Waals surface area contributed by atoms with Crippen LogP contribution in [0.2, 0.25) is 0 Å². The van der Waals surface area contributed by atoms with Crippen LogP contribution in [0.1, 0.15) is 26.5 Å². The molecule has 0 amide bonds. The van der Waals surface area contributed by atoms with Crippen molar-refractivity contribution >= 4 is 11.0 Å². The maximum Gasteiger partial charge on any atom is 0.310 e. The molecule has 0 aliphatic heterocycles. The summed E-state index contributed by atoms with van der Waals surface area (Å²) >= 11 is 0. The van der Waals surface area contributed by atoms with E-state index in [0.717, 1.165) is 11.1 Å². The van der Waals surface area contributed by atoms with Gasteiger partial charge in [-0.2, -0.15) is 5.10 Å². The molecular weight excluding hydrogens is 192 g/mol. The minimum Gasteiger partial charge on any atom is -0.455 e. The number of hydrogen-bond donors (Lipinski definition) is 0. The molecule has 4 nitrogen and oxygen atoms in total. The molecule has 0 aromatic carbocycles. The molecule has 0 fully saturated rings. The molecule has 0 saturated carbocycles. The summed E-state index contributed by atoms with van der Waals surface area (Å²) in [5.74, 6) is 0.808. The normalized spacial score (nSPS) is 12.3. The molecule has 0 aliphatic rings. The maximum atomic E-state index is 11.7. The zero-order chi connectivity index (χ0) is 11.2. The van der Waals surface area contributed by atoms with E-state index < -0.39 is 0 Å². The van der Waals surface area contributed by atoms with Gasteiger partial charge in [-0.25, -0.2) is 4.68 Å². The molecule has 2 rings (SSSR count). The first kappa shape index (κ1) is 9.96. The van der Waals surface area contributed by atoms with Crippen LogP contribution in [0.5, 0.6) is 0 Å². The standard InChI is InChI=1S/C11H14N2O2/c1-11(2,3)8-5-7-6-12-13(4)10(14)9(7)15-8/h5-6H,1-4H3. The minimum absolute atomic E-state index is 0.0932. The lowest BCUT2D eigenvalue weighted by molar-refractivity contribution is 0.427. The summed E-state index contributed by atoms with van der Waals surface area (Å²) in [5, 5.41) is 4.71. The fraction of sp³-hybridized carbons (Fsp3) is 0.455. The number of rotatable bonds is 0. The summed E-state index contributed by atoms with van der Waals surface area (Å²) in [7, 11) is 1.61. The average Bonchev–Trinajstić information content (AvgIpc) is 2.55. The monoisotopic (exact) mass is 206 g/mol. The number of nitrogens with zero attached hydrogens (tertiary/aromatic N) is 2. The van der Waals surface area contributed by atoms with Gasteiger partial charge < -0.3 is 4.42 Å². The highest BCUT2D eigenvalue weighted by Gasteiger charge is 2.20. The van der Waals surface area contributed by atoms with E-state index in [9.17, 15) is 4.79 Å². The van der Waals surface area contributed by atoms with Gasteiger partial charge in [0.25, 0.3) is 0 Å². The third-order valence-electron chi connectivity index (χ3n) is 2.36. The first-order chi connectivity index (χ1) is 6.89. The second-order valence-electron chi connectivity index (χ2n) is 4.72. The molecule has 80 valence electrons. The number of aryl methyl sites for hydroxylation is 1. The van der Waals surface area contributed by atoms with Crippen LogP contribution < -0.4 is 5.56 Å². The average molecular weight is 206 g/mol. The van der Waals surface area contributed by atoms with Crippen molar-refractivity contribution in [1.29, 1.82) is 0 Å². The number of fused-ring (bicyclic) bond motifs is 1. The van der Waals surface area contributed by atoms with Gasteiger partial charge in [-0.1, -0.05) is 20.8 Å². The molecule has 2 aromatic rings. The molecule has 0 spiro atoms. The highest BCUT2D eigenvalue weighted by Crippen LogP contribution is 2.26. The van der Waals surface area contributed by atoms with Crippen molar-refractivity contribution < 1.29 is 4.42 Å². The van der Waals surface area contributed by atoms with Crippen LogP contribution in [0.4, 0.5) is 0 Å². The van der Waals surface area contributed by atoms with Crippen LogP contribution in [0, 0.1) is 0 Å². The van der Waals surface area contributed by atoms with Crippen molar-refractivity contribution in [1.82, 2.24) is 9.78 Å². The van der Waals surface area contributed by atoms with Crippen molar-refractivity contribution in [2.24, 2.45) is 7.05 Å². The lowest BCUT2D eigenvalue weighted by atomic mass is 9.93. The predicted octanol–water partition coefficient (Wildman–Crippen LogP) is 1.82. The molecule has 0 saturated heterocycles. The lowest BCUT2D eigenvalue weighted by Gasteiger charge is -2.13. The molecule has 0 atom stereocenters. The smallest absolute Gasteiger partial charge is 0.310 e. The van der Waals surface area contributed by atoms with Crippen molar-refractivity contribution in [3.05, 3.63) is 28.4 Å². The van der Waals surface area contributed by atoms with Crippen LogP contribution >= 0.6 is 0 Å². The summed E-state index contributed by atoms with van der Waals surface area (Å²) in [6.45, 7) is 6.13. The zero-order valence-corrected chi connectivity index (χ0v) is 9.37. The number of furan rings is 1. The second kappa shape index (κ2) is 2.95. The van der Waals surface area contributed by atoms with Crippen LogP contribution in [-0.4, -0.2) is 9.78 Å². The third kappa shape index (κ3) is 1.56. The van der Waals surface area contributed by atoms with Crippen LogP contribution in [-0.2, 0) is 12.5 Å². The molecule has 2 aromatic heterocycles. The summed E-state index contributed by atoms with van der Waals surface area (Å²) in [6, 6.07) is 1.88. The highest BCUT2D eigenvalue weighted by molar-refractivity contribution is 5.75. The van der Waals surface area contributed by atoms with Gasteiger partial charge in [-0.05, 0) is 6.07 Å². The SMILES string of the molecule is Cn1ncc2cc(C(C)(C)C)oc2c1=O. The fourth-order valence-corrected chi connectivity index (χ4v) is 1.39. The van der Waals surface area contributed by atoms with E-state index in [-0.39, 0.29) is 11.0 Å². The molecule has 15 heavy (non-hydrogen) atoms. The highest BCUT2D eigenvalue weighted by atomic mass is 16.3. The molecule has 4 heteroatoms. The molecule has 0 bridgehead atoms. The van der Waals surface area contributed by atoms with Gasteiger partial charge in [0.05, 0.1) is 6.20 Å². The van der Waals surface area contributed by atoms with Crippen LogP contribution in [0.3, 0.4) is 0 Å².